The van der Waals surface area contributed by atoms with E-state index in [4.69, 9.17) is 0 Å². The summed E-state index contributed by atoms with van der Waals surface area (Å²) in [4.78, 5) is 13.6. The van der Waals surface area contributed by atoms with Crippen LogP contribution in [0.4, 0.5) is 0 Å². The lowest BCUT2D eigenvalue weighted by atomic mass is 9.97. The quantitative estimate of drug-likeness (QED) is 0.715. The summed E-state index contributed by atoms with van der Waals surface area (Å²) >= 11 is 0. The van der Waals surface area contributed by atoms with E-state index in [1.165, 1.54) is 0 Å². The second kappa shape index (κ2) is 5.67. The minimum absolute atomic E-state index is 0.389. The van der Waals surface area contributed by atoms with Gasteiger partial charge in [-0.05, 0) is 26.2 Å². The predicted molar refractivity (Wildman–Crippen MR) is 71.1 cm³/mol. The second-order valence-corrected chi connectivity index (χ2v) is 7.19. The molecule has 0 aromatic rings. The zero-order valence-electron chi connectivity index (χ0n) is 10.9. The molecule has 1 saturated carbocycles. The van der Waals surface area contributed by atoms with Crippen LogP contribution in [0.5, 0.6) is 0 Å². The number of hydrogen-bond acceptors (Lipinski definition) is 4. The molecule has 2 aliphatic rings. The highest BCUT2D eigenvalue weighted by Crippen LogP contribution is 2.24. The molecule has 0 radical (unpaired) electrons. The van der Waals surface area contributed by atoms with Gasteiger partial charge in [-0.25, -0.2) is 0 Å². The van der Waals surface area contributed by atoms with E-state index in [0.717, 1.165) is 44.0 Å². The Labute approximate surface area is 110 Å². The molecular weight excluding hydrogens is 252 g/mol. The SMILES string of the molecule is CC(CCN1CCS(=O)CC1)(NC1CC1)C(=O)O. The van der Waals surface area contributed by atoms with Gasteiger partial charge in [-0.1, -0.05) is 0 Å². The second-order valence-electron chi connectivity index (χ2n) is 5.50. The van der Waals surface area contributed by atoms with Crippen LogP contribution in [0.25, 0.3) is 0 Å². The molecule has 1 heterocycles. The Kier molecular flexibility index (Phi) is 4.40. The number of carboxylic acid groups (broad SMARTS) is 1. The van der Waals surface area contributed by atoms with E-state index < -0.39 is 22.3 Å². The standard InChI is InChI=1S/C12H22N2O3S/c1-12(11(15)16,13-10-2-3-10)4-5-14-6-8-18(17)9-7-14/h10,13H,2-9H2,1H3,(H,15,16). The van der Waals surface area contributed by atoms with Crippen LogP contribution in [0.2, 0.25) is 0 Å². The maximum absolute atomic E-state index is 11.4. The third kappa shape index (κ3) is 3.76. The fourth-order valence-corrected chi connectivity index (χ4v) is 3.33. The number of nitrogens with zero attached hydrogens (tertiary/aromatic N) is 1. The van der Waals surface area contributed by atoms with Gasteiger partial charge in [0.25, 0.3) is 0 Å². The highest BCUT2D eigenvalue weighted by atomic mass is 32.2. The summed E-state index contributed by atoms with van der Waals surface area (Å²) < 4.78 is 11.2. The van der Waals surface area contributed by atoms with Crippen molar-refractivity contribution in [3.8, 4) is 0 Å². The summed E-state index contributed by atoms with van der Waals surface area (Å²) in [5, 5.41) is 12.6. The van der Waals surface area contributed by atoms with E-state index in [1.807, 2.05) is 0 Å². The van der Waals surface area contributed by atoms with Crippen LogP contribution < -0.4 is 5.32 Å². The van der Waals surface area contributed by atoms with Crippen LogP contribution in [0.1, 0.15) is 26.2 Å². The fourth-order valence-electron chi connectivity index (χ4n) is 2.20. The summed E-state index contributed by atoms with van der Waals surface area (Å²) in [5.41, 5.74) is -0.822. The van der Waals surface area contributed by atoms with Gasteiger partial charge in [0.1, 0.15) is 5.54 Å². The van der Waals surface area contributed by atoms with E-state index in [-0.39, 0.29) is 0 Å². The Morgan fingerprint density at radius 2 is 2.06 bits per heavy atom. The molecule has 1 unspecified atom stereocenters. The normalized spacial score (nSPS) is 25.8. The molecule has 0 spiro atoms. The molecule has 5 nitrogen and oxygen atoms in total. The largest absolute Gasteiger partial charge is 0.480 e. The fraction of sp³-hybridized carbons (Fsp3) is 0.917. The average molecular weight is 274 g/mol. The van der Waals surface area contributed by atoms with Crippen LogP contribution in [-0.4, -0.2) is 62.9 Å². The topological polar surface area (TPSA) is 69.6 Å². The molecule has 1 atom stereocenters. The lowest BCUT2D eigenvalue weighted by Gasteiger charge is -2.31. The van der Waals surface area contributed by atoms with Gasteiger partial charge in [0.2, 0.25) is 0 Å². The van der Waals surface area contributed by atoms with E-state index in [0.29, 0.717) is 12.5 Å². The summed E-state index contributed by atoms with van der Waals surface area (Å²) in [6.45, 7) is 4.19. The maximum atomic E-state index is 11.4. The summed E-state index contributed by atoms with van der Waals surface area (Å²) in [6, 6.07) is 0.389. The van der Waals surface area contributed by atoms with Crippen molar-refractivity contribution >= 4 is 16.8 Å². The summed E-state index contributed by atoms with van der Waals surface area (Å²) in [6.07, 6.45) is 2.78. The summed E-state index contributed by atoms with van der Waals surface area (Å²) in [7, 11) is -0.667. The van der Waals surface area contributed by atoms with Crippen molar-refractivity contribution in [2.45, 2.75) is 37.8 Å². The lowest BCUT2D eigenvalue weighted by Crippen LogP contribution is -2.53. The number of nitrogens with one attached hydrogen (secondary N) is 1. The van der Waals surface area contributed by atoms with Crippen molar-refractivity contribution in [3.05, 3.63) is 0 Å². The minimum atomic E-state index is -0.822. The first-order chi connectivity index (χ1) is 8.49. The van der Waals surface area contributed by atoms with Crippen LogP contribution in [-0.2, 0) is 15.6 Å². The molecule has 104 valence electrons. The van der Waals surface area contributed by atoms with Gasteiger partial charge >= 0.3 is 5.97 Å². The van der Waals surface area contributed by atoms with Gasteiger partial charge in [-0.2, -0.15) is 0 Å². The number of aliphatic carboxylic acids is 1. The highest BCUT2D eigenvalue weighted by Gasteiger charge is 2.38. The molecular formula is C12H22N2O3S. The van der Waals surface area contributed by atoms with Gasteiger partial charge in [-0.3, -0.25) is 14.3 Å². The zero-order valence-corrected chi connectivity index (χ0v) is 11.7. The molecule has 18 heavy (non-hydrogen) atoms. The van der Waals surface area contributed by atoms with Crippen molar-refractivity contribution < 1.29 is 14.1 Å². The highest BCUT2D eigenvalue weighted by molar-refractivity contribution is 7.85. The monoisotopic (exact) mass is 274 g/mol. The lowest BCUT2D eigenvalue weighted by molar-refractivity contribution is -0.144. The van der Waals surface area contributed by atoms with Crippen LogP contribution >= 0.6 is 0 Å². The molecule has 0 amide bonds. The third-order valence-corrected chi connectivity index (χ3v) is 5.05. The number of hydrogen-bond donors (Lipinski definition) is 2. The molecule has 0 aromatic carbocycles. The first-order valence-corrected chi connectivity index (χ1v) is 8.07. The van der Waals surface area contributed by atoms with E-state index in [2.05, 4.69) is 10.2 Å². The minimum Gasteiger partial charge on any atom is -0.480 e. The molecule has 1 aliphatic heterocycles. The maximum Gasteiger partial charge on any atom is 0.323 e. The predicted octanol–water partition coefficient (Wildman–Crippen LogP) is 0.0361. The van der Waals surface area contributed by atoms with Gasteiger partial charge in [0.05, 0.1) is 0 Å². The summed E-state index contributed by atoms with van der Waals surface area (Å²) in [5.74, 6) is 0.676. The first kappa shape index (κ1) is 14.0. The Hall–Kier alpha value is -0.460. The van der Waals surface area contributed by atoms with E-state index in [1.54, 1.807) is 6.92 Å². The molecule has 6 heteroatoms. The van der Waals surface area contributed by atoms with Crippen molar-refractivity contribution in [1.29, 1.82) is 0 Å². The van der Waals surface area contributed by atoms with Crippen LogP contribution in [0.15, 0.2) is 0 Å². The van der Waals surface area contributed by atoms with Crippen molar-refractivity contribution in [3.63, 3.8) is 0 Å². The van der Waals surface area contributed by atoms with Crippen molar-refractivity contribution in [2.75, 3.05) is 31.1 Å². The van der Waals surface area contributed by atoms with Gasteiger partial charge in [-0.15, -0.1) is 0 Å². The number of rotatable bonds is 6. The Balaban J connectivity index is 1.81. The molecule has 2 rings (SSSR count). The Bertz CT molecular complexity index is 336. The average Bonchev–Trinajstić information content (AvgIpc) is 3.12. The first-order valence-electron chi connectivity index (χ1n) is 6.58. The molecule has 1 saturated heterocycles. The van der Waals surface area contributed by atoms with E-state index in [9.17, 15) is 14.1 Å². The molecule has 0 bridgehead atoms. The Morgan fingerprint density at radius 1 is 1.44 bits per heavy atom. The van der Waals surface area contributed by atoms with Crippen molar-refractivity contribution in [2.24, 2.45) is 0 Å². The molecule has 2 N–H and O–H groups in total. The van der Waals surface area contributed by atoms with Gasteiger partial charge < -0.3 is 10.0 Å². The van der Waals surface area contributed by atoms with Crippen LogP contribution in [0, 0.1) is 0 Å². The zero-order chi connectivity index (χ0) is 13.2. The smallest absolute Gasteiger partial charge is 0.323 e. The third-order valence-electron chi connectivity index (χ3n) is 3.77. The van der Waals surface area contributed by atoms with Crippen LogP contribution in [0.3, 0.4) is 0 Å². The van der Waals surface area contributed by atoms with E-state index >= 15 is 0 Å². The van der Waals surface area contributed by atoms with Gasteiger partial charge in [0, 0.05) is 48.0 Å². The number of carbonyl (C=O) groups is 1. The Morgan fingerprint density at radius 3 is 2.56 bits per heavy atom. The number of carboxylic acids is 1. The van der Waals surface area contributed by atoms with Crippen molar-refractivity contribution in [1.82, 2.24) is 10.2 Å². The molecule has 2 fully saturated rings. The van der Waals surface area contributed by atoms with Gasteiger partial charge in [0.15, 0.2) is 0 Å². The molecule has 1 aliphatic carbocycles. The molecule has 0 aromatic heterocycles.